The van der Waals surface area contributed by atoms with Crippen LogP contribution in [0.25, 0.3) is 0 Å². The van der Waals surface area contributed by atoms with Crippen LogP contribution in [0.2, 0.25) is 0 Å². The van der Waals surface area contributed by atoms with E-state index >= 15 is 0 Å². The second-order valence-electron chi connectivity index (χ2n) is 4.21. The second kappa shape index (κ2) is 7.01. The molecule has 114 valence electrons. The zero-order valence-electron chi connectivity index (χ0n) is 11.4. The maximum Gasteiger partial charge on any atom is 0.240 e. The number of nitrogens with zero attached hydrogens (tertiary/aromatic N) is 3. The molecule has 0 spiro atoms. The molecule has 0 atom stereocenters. The molecule has 2 rings (SSSR count). The van der Waals surface area contributed by atoms with Crippen molar-refractivity contribution in [3.63, 3.8) is 0 Å². The van der Waals surface area contributed by atoms with Gasteiger partial charge in [0.1, 0.15) is 18.4 Å². The maximum absolute atomic E-state index is 12.1. The van der Waals surface area contributed by atoms with Gasteiger partial charge in [-0.1, -0.05) is 0 Å². The fraction of sp³-hybridized carbons (Fsp3) is 0.333. The lowest BCUT2D eigenvalue weighted by Gasteiger charge is -2.09. The Morgan fingerprint density at radius 3 is 2.86 bits per heavy atom. The number of sulfonamides is 1. The van der Waals surface area contributed by atoms with Crippen molar-refractivity contribution in [2.45, 2.75) is 17.9 Å². The molecule has 7 nitrogen and oxygen atoms in total. The molecule has 1 heterocycles. The Bertz CT molecular complexity index is 689. The van der Waals surface area contributed by atoms with Crippen LogP contribution in [0.5, 0.6) is 5.75 Å². The third-order valence-electron chi connectivity index (χ3n) is 2.76. The Morgan fingerprint density at radius 2 is 2.24 bits per heavy atom. The van der Waals surface area contributed by atoms with Gasteiger partial charge in [-0.05, 0) is 40.5 Å². The smallest absolute Gasteiger partial charge is 0.240 e. The van der Waals surface area contributed by atoms with Crippen molar-refractivity contribution >= 4 is 26.0 Å². The highest BCUT2D eigenvalue weighted by Gasteiger charge is 2.15. The Kier molecular flexibility index (Phi) is 5.32. The van der Waals surface area contributed by atoms with Gasteiger partial charge >= 0.3 is 0 Å². The maximum atomic E-state index is 12.1. The molecule has 1 N–H and O–H groups in total. The van der Waals surface area contributed by atoms with E-state index in [0.29, 0.717) is 29.7 Å². The van der Waals surface area contributed by atoms with E-state index < -0.39 is 10.0 Å². The zero-order valence-corrected chi connectivity index (χ0v) is 13.8. The Balaban J connectivity index is 1.93. The number of halogens is 1. The summed E-state index contributed by atoms with van der Waals surface area (Å²) < 4.78 is 34.1. The molecule has 1 aromatic carbocycles. The van der Waals surface area contributed by atoms with Gasteiger partial charge in [0, 0.05) is 13.1 Å². The van der Waals surface area contributed by atoms with Crippen molar-refractivity contribution in [1.82, 2.24) is 19.5 Å². The number of nitrogens with one attached hydrogen (secondary N) is 1. The van der Waals surface area contributed by atoms with Gasteiger partial charge in [0.05, 0.1) is 16.5 Å². The van der Waals surface area contributed by atoms with Crippen LogP contribution in [0.15, 0.2) is 40.2 Å². The van der Waals surface area contributed by atoms with Crippen LogP contribution in [0.1, 0.15) is 6.42 Å². The first kappa shape index (κ1) is 15.9. The molecule has 0 amide bonds. The summed E-state index contributed by atoms with van der Waals surface area (Å²) in [7, 11) is -2.01. The van der Waals surface area contributed by atoms with E-state index in [2.05, 4.69) is 30.7 Å². The van der Waals surface area contributed by atoms with Crippen molar-refractivity contribution in [2.24, 2.45) is 0 Å². The molecule has 0 radical (unpaired) electrons. The van der Waals surface area contributed by atoms with Crippen molar-refractivity contribution in [2.75, 3.05) is 13.7 Å². The Hall–Kier alpha value is -1.45. The summed E-state index contributed by atoms with van der Waals surface area (Å²) in [6.07, 6.45) is 3.66. The fourth-order valence-electron chi connectivity index (χ4n) is 1.69. The van der Waals surface area contributed by atoms with Crippen LogP contribution in [0, 0.1) is 0 Å². The second-order valence-corrected chi connectivity index (χ2v) is 6.83. The van der Waals surface area contributed by atoms with Crippen molar-refractivity contribution in [1.29, 1.82) is 0 Å². The Morgan fingerprint density at radius 1 is 1.43 bits per heavy atom. The third kappa shape index (κ3) is 4.26. The molecule has 21 heavy (non-hydrogen) atoms. The monoisotopic (exact) mass is 374 g/mol. The van der Waals surface area contributed by atoms with Crippen molar-refractivity contribution in [3.8, 4) is 5.75 Å². The average molecular weight is 375 g/mol. The van der Waals surface area contributed by atoms with Gasteiger partial charge in [0.25, 0.3) is 0 Å². The molecule has 1 aromatic heterocycles. The predicted octanol–water partition coefficient (Wildman–Crippen LogP) is 1.42. The first-order valence-electron chi connectivity index (χ1n) is 6.18. The summed E-state index contributed by atoms with van der Waals surface area (Å²) >= 11 is 3.27. The lowest BCUT2D eigenvalue weighted by molar-refractivity contribution is 0.411. The molecule has 0 saturated heterocycles. The number of rotatable bonds is 7. The molecule has 0 aliphatic heterocycles. The Labute approximate surface area is 131 Å². The van der Waals surface area contributed by atoms with Crippen LogP contribution in [-0.2, 0) is 16.6 Å². The van der Waals surface area contributed by atoms with Crippen molar-refractivity contribution in [3.05, 3.63) is 35.3 Å². The third-order valence-corrected chi connectivity index (χ3v) is 4.83. The summed E-state index contributed by atoms with van der Waals surface area (Å²) in [6.45, 7) is 0.931. The highest BCUT2D eigenvalue weighted by atomic mass is 79.9. The number of aromatic nitrogens is 3. The molecular weight excluding hydrogens is 360 g/mol. The summed E-state index contributed by atoms with van der Waals surface area (Å²) in [4.78, 5) is 4.01. The first-order chi connectivity index (χ1) is 10.0. The van der Waals surface area contributed by atoms with E-state index in [-0.39, 0.29) is 4.90 Å². The van der Waals surface area contributed by atoms with Gasteiger partial charge in [0.2, 0.25) is 10.0 Å². The van der Waals surface area contributed by atoms with Gasteiger partial charge in [-0.3, -0.25) is 4.68 Å². The topological polar surface area (TPSA) is 86.1 Å². The highest BCUT2D eigenvalue weighted by Crippen LogP contribution is 2.27. The quantitative estimate of drug-likeness (QED) is 0.740. The number of methoxy groups -OCH3 is 1. The summed E-state index contributed by atoms with van der Waals surface area (Å²) in [5, 5.41) is 3.95. The minimum atomic E-state index is -3.53. The SMILES string of the molecule is COc1ccc(S(=O)(=O)NCCCn2cncn2)cc1Br. The van der Waals surface area contributed by atoms with Crippen LogP contribution < -0.4 is 9.46 Å². The first-order valence-corrected chi connectivity index (χ1v) is 8.46. The van der Waals surface area contributed by atoms with Gasteiger partial charge in [-0.2, -0.15) is 5.10 Å². The number of benzene rings is 1. The molecule has 0 saturated carbocycles. The predicted molar refractivity (Wildman–Crippen MR) is 80.5 cm³/mol. The standard InChI is InChI=1S/C12H15BrN4O3S/c1-20-12-4-3-10(7-11(12)13)21(18,19)16-5-2-6-17-9-14-8-15-17/h3-4,7-9,16H,2,5-6H2,1H3. The highest BCUT2D eigenvalue weighted by molar-refractivity contribution is 9.10. The minimum Gasteiger partial charge on any atom is -0.496 e. The van der Waals surface area contributed by atoms with Crippen LogP contribution in [0.4, 0.5) is 0 Å². The largest absolute Gasteiger partial charge is 0.496 e. The number of hydrogen-bond donors (Lipinski definition) is 1. The van der Waals surface area contributed by atoms with Crippen LogP contribution in [-0.4, -0.2) is 36.8 Å². The normalized spacial score (nSPS) is 11.5. The molecule has 0 bridgehead atoms. The van der Waals surface area contributed by atoms with Gasteiger partial charge in [-0.25, -0.2) is 18.1 Å². The van der Waals surface area contributed by atoms with Crippen molar-refractivity contribution < 1.29 is 13.2 Å². The summed E-state index contributed by atoms with van der Waals surface area (Å²) in [6, 6.07) is 4.62. The lowest BCUT2D eigenvalue weighted by atomic mass is 10.3. The van der Waals surface area contributed by atoms with E-state index in [1.807, 2.05) is 0 Å². The molecule has 9 heteroatoms. The summed E-state index contributed by atoms with van der Waals surface area (Å²) in [5.74, 6) is 0.583. The summed E-state index contributed by atoms with van der Waals surface area (Å²) in [5.41, 5.74) is 0. The number of hydrogen-bond acceptors (Lipinski definition) is 5. The van der Waals surface area contributed by atoms with E-state index in [4.69, 9.17) is 4.74 Å². The van der Waals surface area contributed by atoms with Crippen LogP contribution in [0.3, 0.4) is 0 Å². The molecule has 2 aromatic rings. The molecule has 0 aliphatic carbocycles. The van der Waals surface area contributed by atoms with E-state index in [0.717, 1.165) is 0 Å². The van der Waals surface area contributed by atoms with Gasteiger partial charge in [-0.15, -0.1) is 0 Å². The number of aryl methyl sites for hydroxylation is 1. The minimum absolute atomic E-state index is 0.191. The number of ether oxygens (including phenoxy) is 1. The van der Waals surface area contributed by atoms with E-state index in [9.17, 15) is 8.42 Å². The zero-order chi connectivity index (χ0) is 15.3. The average Bonchev–Trinajstić information content (AvgIpc) is 2.97. The lowest BCUT2D eigenvalue weighted by Crippen LogP contribution is -2.25. The molecular formula is C12H15BrN4O3S. The van der Waals surface area contributed by atoms with Crippen LogP contribution >= 0.6 is 15.9 Å². The fourth-order valence-corrected chi connectivity index (χ4v) is 3.49. The van der Waals surface area contributed by atoms with Gasteiger partial charge < -0.3 is 4.74 Å². The molecule has 0 aliphatic rings. The molecule has 0 unspecified atom stereocenters. The van der Waals surface area contributed by atoms with Gasteiger partial charge in [0.15, 0.2) is 0 Å². The van der Waals surface area contributed by atoms with E-state index in [1.54, 1.807) is 17.1 Å². The van der Waals surface area contributed by atoms with E-state index in [1.165, 1.54) is 25.6 Å². The molecule has 0 fully saturated rings.